The summed E-state index contributed by atoms with van der Waals surface area (Å²) in [5, 5.41) is 4.53. The van der Waals surface area contributed by atoms with Crippen LogP contribution in [0, 0.1) is 5.92 Å². The first-order valence-electron chi connectivity index (χ1n) is 6.08. The van der Waals surface area contributed by atoms with Crippen LogP contribution >= 0.6 is 0 Å². The van der Waals surface area contributed by atoms with Crippen LogP contribution < -0.4 is 10.5 Å². The van der Waals surface area contributed by atoms with Crippen LogP contribution in [0.4, 0.5) is 5.82 Å². The lowest BCUT2D eigenvalue weighted by atomic mass is 10.1. The molecule has 4 nitrogen and oxygen atoms in total. The topological polar surface area (TPSA) is 53.1 Å². The molecule has 0 saturated carbocycles. The molecule has 0 unspecified atom stereocenters. The van der Waals surface area contributed by atoms with Crippen LogP contribution in [-0.4, -0.2) is 16.9 Å². The minimum atomic E-state index is 0.524. The van der Waals surface area contributed by atoms with Crippen molar-refractivity contribution in [3.63, 3.8) is 0 Å². The van der Waals surface area contributed by atoms with Gasteiger partial charge in [-0.15, -0.1) is 0 Å². The average Bonchev–Trinajstić information content (AvgIpc) is 2.70. The second-order valence-electron chi connectivity index (χ2n) is 4.76. The van der Waals surface area contributed by atoms with Crippen molar-refractivity contribution >= 4 is 5.82 Å². The zero-order valence-electron chi connectivity index (χ0n) is 11.1. The molecular weight excluding hydrogens is 226 g/mol. The van der Waals surface area contributed by atoms with Crippen molar-refractivity contribution in [2.75, 3.05) is 12.8 Å². The van der Waals surface area contributed by atoms with E-state index in [9.17, 15) is 0 Å². The van der Waals surface area contributed by atoms with Gasteiger partial charge in [0.25, 0.3) is 0 Å². The van der Waals surface area contributed by atoms with E-state index in [0.717, 1.165) is 23.6 Å². The maximum absolute atomic E-state index is 5.96. The number of benzene rings is 1. The molecule has 1 aromatic carbocycles. The molecule has 18 heavy (non-hydrogen) atoms. The third kappa shape index (κ3) is 2.64. The van der Waals surface area contributed by atoms with E-state index in [1.807, 2.05) is 35.0 Å². The predicted molar refractivity (Wildman–Crippen MR) is 73.5 cm³/mol. The lowest BCUT2D eigenvalue weighted by Gasteiger charge is -2.06. The highest BCUT2D eigenvalue weighted by Crippen LogP contribution is 2.23. The molecule has 1 heterocycles. The summed E-state index contributed by atoms with van der Waals surface area (Å²) < 4.78 is 6.99. The van der Waals surface area contributed by atoms with Gasteiger partial charge in [-0.1, -0.05) is 13.8 Å². The second-order valence-corrected chi connectivity index (χ2v) is 4.76. The molecule has 2 N–H and O–H groups in total. The highest BCUT2D eigenvalue weighted by molar-refractivity contribution is 5.63. The summed E-state index contributed by atoms with van der Waals surface area (Å²) in [7, 11) is 1.66. The van der Waals surface area contributed by atoms with E-state index in [4.69, 9.17) is 10.5 Å². The summed E-state index contributed by atoms with van der Waals surface area (Å²) in [6.45, 7) is 5.13. The quantitative estimate of drug-likeness (QED) is 0.901. The Balaban J connectivity index is 2.27. The molecule has 0 radical (unpaired) electrons. The Labute approximate surface area is 107 Å². The van der Waals surface area contributed by atoms with Gasteiger partial charge in [0.05, 0.1) is 12.8 Å². The van der Waals surface area contributed by atoms with E-state index in [2.05, 4.69) is 18.9 Å². The van der Waals surface area contributed by atoms with Crippen molar-refractivity contribution in [1.82, 2.24) is 9.78 Å². The Morgan fingerprint density at radius 3 is 2.50 bits per heavy atom. The maximum atomic E-state index is 5.96. The molecular formula is C14H19N3O. The van der Waals surface area contributed by atoms with Crippen molar-refractivity contribution in [2.45, 2.75) is 20.4 Å². The molecule has 96 valence electrons. The minimum absolute atomic E-state index is 0.524. The van der Waals surface area contributed by atoms with E-state index in [0.29, 0.717) is 11.7 Å². The van der Waals surface area contributed by atoms with Crippen molar-refractivity contribution in [2.24, 2.45) is 5.92 Å². The molecule has 0 spiro atoms. The van der Waals surface area contributed by atoms with Crippen LogP contribution in [0.1, 0.15) is 13.8 Å². The molecule has 0 amide bonds. The van der Waals surface area contributed by atoms with Gasteiger partial charge >= 0.3 is 0 Å². The Kier molecular flexibility index (Phi) is 3.55. The number of hydrogen-bond donors (Lipinski definition) is 1. The van der Waals surface area contributed by atoms with Gasteiger partial charge in [0, 0.05) is 18.2 Å². The molecule has 0 atom stereocenters. The van der Waals surface area contributed by atoms with Gasteiger partial charge in [0.1, 0.15) is 11.6 Å². The predicted octanol–water partition coefficient (Wildman–Crippen LogP) is 2.80. The van der Waals surface area contributed by atoms with Crippen molar-refractivity contribution in [3.8, 4) is 17.0 Å². The monoisotopic (exact) mass is 245 g/mol. The first-order chi connectivity index (χ1) is 8.60. The van der Waals surface area contributed by atoms with Crippen LogP contribution in [0.5, 0.6) is 5.75 Å². The molecule has 2 aromatic rings. The number of aromatic nitrogens is 2. The van der Waals surface area contributed by atoms with Crippen LogP contribution in [0.3, 0.4) is 0 Å². The van der Waals surface area contributed by atoms with Crippen LogP contribution in [0.15, 0.2) is 30.3 Å². The van der Waals surface area contributed by atoms with E-state index < -0.39 is 0 Å². The second kappa shape index (κ2) is 5.12. The zero-order valence-corrected chi connectivity index (χ0v) is 11.1. The molecule has 0 aliphatic heterocycles. The molecule has 4 heteroatoms. The van der Waals surface area contributed by atoms with Gasteiger partial charge in [-0.05, 0) is 30.2 Å². The summed E-state index contributed by atoms with van der Waals surface area (Å²) >= 11 is 0. The van der Waals surface area contributed by atoms with Gasteiger partial charge in [-0.2, -0.15) is 5.10 Å². The highest BCUT2D eigenvalue weighted by Gasteiger charge is 2.08. The summed E-state index contributed by atoms with van der Waals surface area (Å²) in [6, 6.07) is 9.73. The number of hydrogen-bond acceptors (Lipinski definition) is 3. The number of rotatable bonds is 4. The van der Waals surface area contributed by atoms with Gasteiger partial charge < -0.3 is 10.5 Å². The normalized spacial score (nSPS) is 10.9. The summed E-state index contributed by atoms with van der Waals surface area (Å²) in [5.74, 6) is 2.07. The Morgan fingerprint density at radius 2 is 1.94 bits per heavy atom. The number of ether oxygens (including phenoxy) is 1. The zero-order chi connectivity index (χ0) is 13.1. The number of nitrogens with zero attached hydrogens (tertiary/aromatic N) is 2. The number of nitrogens with two attached hydrogens (primary N) is 1. The fraction of sp³-hybridized carbons (Fsp3) is 0.357. The lowest BCUT2D eigenvalue weighted by Crippen LogP contribution is -2.09. The first kappa shape index (κ1) is 12.5. The lowest BCUT2D eigenvalue weighted by molar-refractivity contribution is 0.415. The minimum Gasteiger partial charge on any atom is -0.497 e. The fourth-order valence-electron chi connectivity index (χ4n) is 1.83. The van der Waals surface area contributed by atoms with E-state index in [-0.39, 0.29) is 0 Å². The molecule has 0 aliphatic carbocycles. The molecule has 0 bridgehead atoms. The largest absolute Gasteiger partial charge is 0.497 e. The van der Waals surface area contributed by atoms with E-state index in [1.54, 1.807) is 7.11 Å². The first-order valence-corrected chi connectivity index (χ1v) is 6.08. The molecule has 2 rings (SSSR count). The van der Waals surface area contributed by atoms with Crippen LogP contribution in [0.2, 0.25) is 0 Å². The van der Waals surface area contributed by atoms with E-state index in [1.165, 1.54) is 0 Å². The van der Waals surface area contributed by atoms with Crippen LogP contribution in [-0.2, 0) is 6.54 Å². The summed E-state index contributed by atoms with van der Waals surface area (Å²) in [5.41, 5.74) is 7.90. The van der Waals surface area contributed by atoms with Gasteiger partial charge in [0.2, 0.25) is 0 Å². The van der Waals surface area contributed by atoms with E-state index >= 15 is 0 Å². The number of anilines is 1. The number of methoxy groups -OCH3 is 1. The maximum Gasteiger partial charge on any atom is 0.122 e. The van der Waals surface area contributed by atoms with Crippen LogP contribution in [0.25, 0.3) is 11.3 Å². The molecule has 0 saturated heterocycles. The molecule has 0 fully saturated rings. The van der Waals surface area contributed by atoms with Crippen molar-refractivity contribution < 1.29 is 4.74 Å². The molecule has 1 aromatic heterocycles. The SMILES string of the molecule is COc1ccc(-c2cc(N)n(CC(C)C)n2)cc1. The van der Waals surface area contributed by atoms with Crippen molar-refractivity contribution in [3.05, 3.63) is 30.3 Å². The standard InChI is InChI=1S/C14H19N3O/c1-10(2)9-17-14(15)8-13(16-17)11-4-6-12(18-3)7-5-11/h4-8,10H,9,15H2,1-3H3. The van der Waals surface area contributed by atoms with Gasteiger partial charge in [0.15, 0.2) is 0 Å². The molecule has 0 aliphatic rings. The summed E-state index contributed by atoms with van der Waals surface area (Å²) in [6.07, 6.45) is 0. The highest BCUT2D eigenvalue weighted by atomic mass is 16.5. The number of nitrogen functional groups attached to an aromatic ring is 1. The Hall–Kier alpha value is -1.97. The Bertz CT molecular complexity index is 514. The Morgan fingerprint density at radius 1 is 1.28 bits per heavy atom. The van der Waals surface area contributed by atoms with Gasteiger partial charge in [-0.25, -0.2) is 4.68 Å². The third-order valence-corrected chi connectivity index (χ3v) is 2.73. The third-order valence-electron chi connectivity index (χ3n) is 2.73. The van der Waals surface area contributed by atoms with Gasteiger partial charge in [-0.3, -0.25) is 0 Å². The smallest absolute Gasteiger partial charge is 0.122 e. The van der Waals surface area contributed by atoms with Crippen molar-refractivity contribution in [1.29, 1.82) is 0 Å². The summed E-state index contributed by atoms with van der Waals surface area (Å²) in [4.78, 5) is 0. The fourth-order valence-corrected chi connectivity index (χ4v) is 1.83. The average molecular weight is 245 g/mol.